The van der Waals surface area contributed by atoms with E-state index < -0.39 is 0 Å². The van der Waals surface area contributed by atoms with Gasteiger partial charge in [-0.2, -0.15) is 5.26 Å². The van der Waals surface area contributed by atoms with Gasteiger partial charge >= 0.3 is 0 Å². The van der Waals surface area contributed by atoms with Crippen molar-refractivity contribution in [3.05, 3.63) is 59.7 Å². The Morgan fingerprint density at radius 3 is 2.57 bits per heavy atom. The number of para-hydroxylation sites is 1. The normalized spacial score (nSPS) is 9.90. The predicted molar refractivity (Wildman–Crippen MR) is 81.2 cm³/mol. The van der Waals surface area contributed by atoms with Crippen LogP contribution in [-0.4, -0.2) is 17.6 Å². The topological polar surface area (TPSA) is 64.3 Å². The van der Waals surface area contributed by atoms with Crippen LogP contribution in [0.2, 0.25) is 0 Å². The summed E-state index contributed by atoms with van der Waals surface area (Å²) in [6.07, 6.45) is 0.229. The number of nitriles is 1. The van der Waals surface area contributed by atoms with Crippen molar-refractivity contribution in [2.24, 2.45) is 0 Å². The van der Waals surface area contributed by atoms with Crippen molar-refractivity contribution in [3.8, 4) is 11.8 Å². The maximum absolute atomic E-state index is 12.6. The van der Waals surface area contributed by atoms with Crippen molar-refractivity contribution >= 4 is 11.6 Å². The van der Waals surface area contributed by atoms with E-state index in [1.165, 1.54) is 4.90 Å². The van der Waals surface area contributed by atoms with Crippen LogP contribution in [0.25, 0.3) is 0 Å². The first-order valence-corrected chi connectivity index (χ1v) is 6.67. The zero-order chi connectivity index (χ0) is 15.2. The van der Waals surface area contributed by atoms with Gasteiger partial charge in [-0.3, -0.25) is 4.79 Å². The average Bonchev–Trinajstić information content (AvgIpc) is 2.48. The molecule has 0 aliphatic carbocycles. The molecule has 4 nitrogen and oxygen atoms in total. The number of nitrogens with zero attached hydrogens (tertiary/aromatic N) is 2. The van der Waals surface area contributed by atoms with Crippen LogP contribution in [0.4, 0.5) is 5.69 Å². The van der Waals surface area contributed by atoms with Gasteiger partial charge in [0.1, 0.15) is 5.75 Å². The lowest BCUT2D eigenvalue weighted by Crippen LogP contribution is -2.31. The quantitative estimate of drug-likeness (QED) is 0.934. The Kier molecular flexibility index (Phi) is 4.57. The van der Waals surface area contributed by atoms with Gasteiger partial charge in [0.2, 0.25) is 0 Å². The zero-order valence-electron chi connectivity index (χ0n) is 11.8. The second-order valence-electron chi connectivity index (χ2n) is 4.72. The third kappa shape index (κ3) is 3.40. The van der Waals surface area contributed by atoms with Gasteiger partial charge < -0.3 is 10.0 Å². The van der Waals surface area contributed by atoms with Crippen LogP contribution in [-0.2, 0) is 0 Å². The number of aryl methyl sites for hydroxylation is 1. The average molecular weight is 280 g/mol. The number of carbonyl (C=O) groups excluding carboxylic acids is 1. The lowest BCUT2D eigenvalue weighted by molar-refractivity contribution is 0.0985. The van der Waals surface area contributed by atoms with Crippen molar-refractivity contribution in [3.63, 3.8) is 0 Å². The highest BCUT2D eigenvalue weighted by Crippen LogP contribution is 2.23. The van der Waals surface area contributed by atoms with Crippen LogP contribution in [0.15, 0.2) is 48.5 Å². The number of aromatic hydroxyl groups is 1. The van der Waals surface area contributed by atoms with Crippen molar-refractivity contribution in [1.82, 2.24) is 0 Å². The predicted octanol–water partition coefficient (Wildman–Crippen LogP) is 3.26. The highest BCUT2D eigenvalue weighted by molar-refractivity contribution is 6.07. The SMILES string of the molecule is Cc1ccc(C(=O)N(CCC#N)c2ccccc2)c(O)c1. The summed E-state index contributed by atoms with van der Waals surface area (Å²) < 4.78 is 0. The van der Waals surface area contributed by atoms with E-state index in [1.54, 1.807) is 30.3 Å². The first kappa shape index (κ1) is 14.6. The number of carbonyl (C=O) groups is 1. The van der Waals surface area contributed by atoms with Gasteiger partial charge in [-0.25, -0.2) is 0 Å². The second kappa shape index (κ2) is 6.58. The molecule has 0 bridgehead atoms. The number of phenols is 1. The van der Waals surface area contributed by atoms with Crippen LogP contribution in [0.3, 0.4) is 0 Å². The summed E-state index contributed by atoms with van der Waals surface area (Å²) in [7, 11) is 0. The molecule has 0 aromatic heterocycles. The molecule has 0 aliphatic rings. The number of anilines is 1. The van der Waals surface area contributed by atoms with E-state index in [9.17, 15) is 9.90 Å². The van der Waals surface area contributed by atoms with Gasteiger partial charge in [0.25, 0.3) is 5.91 Å². The molecule has 0 aliphatic heterocycles. The fraction of sp³-hybridized carbons (Fsp3) is 0.176. The van der Waals surface area contributed by atoms with Gasteiger partial charge in [-0.1, -0.05) is 24.3 Å². The highest BCUT2D eigenvalue weighted by atomic mass is 16.3. The maximum Gasteiger partial charge on any atom is 0.262 e. The largest absolute Gasteiger partial charge is 0.507 e. The van der Waals surface area contributed by atoms with Crippen LogP contribution in [0, 0.1) is 18.3 Å². The Labute approximate surface area is 123 Å². The lowest BCUT2D eigenvalue weighted by Gasteiger charge is -2.22. The third-order valence-electron chi connectivity index (χ3n) is 3.14. The molecular formula is C17H16N2O2. The van der Waals surface area contributed by atoms with Crippen LogP contribution < -0.4 is 4.90 Å². The summed E-state index contributed by atoms with van der Waals surface area (Å²) in [5, 5.41) is 18.7. The number of hydrogen-bond donors (Lipinski definition) is 1. The van der Waals surface area contributed by atoms with Crippen molar-refractivity contribution < 1.29 is 9.90 Å². The molecule has 0 unspecified atom stereocenters. The maximum atomic E-state index is 12.6. The van der Waals surface area contributed by atoms with Crippen molar-refractivity contribution in [2.45, 2.75) is 13.3 Å². The fourth-order valence-electron chi connectivity index (χ4n) is 2.09. The standard InChI is InChI=1S/C17H16N2O2/c1-13-8-9-15(16(20)12-13)17(21)19(11-5-10-18)14-6-3-2-4-7-14/h2-4,6-9,12,20H,5,11H2,1H3. The number of benzene rings is 2. The van der Waals surface area contributed by atoms with E-state index in [4.69, 9.17) is 5.26 Å². The fourth-order valence-corrected chi connectivity index (χ4v) is 2.09. The molecule has 0 saturated carbocycles. The van der Waals surface area contributed by atoms with E-state index >= 15 is 0 Å². The molecule has 0 fully saturated rings. The molecule has 0 saturated heterocycles. The Morgan fingerprint density at radius 2 is 1.95 bits per heavy atom. The van der Waals surface area contributed by atoms with E-state index in [0.717, 1.165) is 5.56 Å². The second-order valence-corrected chi connectivity index (χ2v) is 4.72. The summed E-state index contributed by atoms with van der Waals surface area (Å²) in [5.41, 5.74) is 1.83. The molecule has 4 heteroatoms. The Balaban J connectivity index is 2.37. The Bertz CT molecular complexity index is 675. The molecule has 1 N–H and O–H groups in total. The molecule has 0 atom stereocenters. The zero-order valence-corrected chi connectivity index (χ0v) is 11.8. The van der Waals surface area contributed by atoms with E-state index in [2.05, 4.69) is 0 Å². The van der Waals surface area contributed by atoms with Gasteiger partial charge in [-0.05, 0) is 36.8 Å². The van der Waals surface area contributed by atoms with Crippen LogP contribution in [0.5, 0.6) is 5.75 Å². The Morgan fingerprint density at radius 1 is 1.24 bits per heavy atom. The van der Waals surface area contributed by atoms with Crippen molar-refractivity contribution in [1.29, 1.82) is 5.26 Å². The smallest absolute Gasteiger partial charge is 0.262 e. The lowest BCUT2D eigenvalue weighted by atomic mass is 10.1. The summed E-state index contributed by atoms with van der Waals surface area (Å²) in [6, 6.07) is 16.1. The molecular weight excluding hydrogens is 264 g/mol. The van der Waals surface area contributed by atoms with Crippen LogP contribution in [0.1, 0.15) is 22.3 Å². The number of phenolic OH excluding ortho intramolecular Hbond substituents is 1. The molecule has 2 aromatic carbocycles. The minimum absolute atomic E-state index is 0.0436. The minimum atomic E-state index is -0.311. The molecule has 0 heterocycles. The molecule has 2 aromatic rings. The molecule has 0 radical (unpaired) electrons. The third-order valence-corrected chi connectivity index (χ3v) is 3.14. The van der Waals surface area contributed by atoms with Gasteiger partial charge in [-0.15, -0.1) is 0 Å². The molecule has 2 rings (SSSR count). The summed E-state index contributed by atoms with van der Waals surface area (Å²) in [6.45, 7) is 2.13. The van der Waals surface area contributed by atoms with Crippen molar-refractivity contribution in [2.75, 3.05) is 11.4 Å². The van der Waals surface area contributed by atoms with Gasteiger partial charge in [0.15, 0.2) is 0 Å². The molecule has 106 valence electrons. The van der Waals surface area contributed by atoms with E-state index in [0.29, 0.717) is 5.69 Å². The van der Waals surface area contributed by atoms with Gasteiger partial charge in [0, 0.05) is 12.2 Å². The van der Waals surface area contributed by atoms with Gasteiger partial charge in [0.05, 0.1) is 18.1 Å². The summed E-state index contributed by atoms with van der Waals surface area (Å²) in [4.78, 5) is 14.1. The first-order valence-electron chi connectivity index (χ1n) is 6.67. The number of amides is 1. The molecule has 21 heavy (non-hydrogen) atoms. The molecule has 1 amide bonds. The van der Waals surface area contributed by atoms with E-state index in [1.807, 2.05) is 31.2 Å². The summed E-state index contributed by atoms with van der Waals surface area (Å²) >= 11 is 0. The summed E-state index contributed by atoms with van der Waals surface area (Å²) in [5.74, 6) is -0.355. The first-order chi connectivity index (χ1) is 10.1. The Hall–Kier alpha value is -2.80. The van der Waals surface area contributed by atoms with E-state index in [-0.39, 0.29) is 30.2 Å². The number of hydrogen-bond acceptors (Lipinski definition) is 3. The van der Waals surface area contributed by atoms with Crippen LogP contribution >= 0.6 is 0 Å². The monoisotopic (exact) mass is 280 g/mol. The highest BCUT2D eigenvalue weighted by Gasteiger charge is 2.20. The minimum Gasteiger partial charge on any atom is -0.507 e. The number of rotatable bonds is 4. The molecule has 0 spiro atoms.